The molecule has 4 aromatic rings. The number of aromatic nitrogens is 1. The summed E-state index contributed by atoms with van der Waals surface area (Å²) in [5.74, 6) is -0.0389. The van der Waals surface area contributed by atoms with E-state index < -0.39 is 6.09 Å². The van der Waals surface area contributed by atoms with Crippen LogP contribution < -0.4 is 10.9 Å². The smallest absolute Gasteiger partial charge is 0.421 e. The van der Waals surface area contributed by atoms with Crippen LogP contribution in [0.5, 0.6) is 0 Å². The van der Waals surface area contributed by atoms with Gasteiger partial charge in [0.2, 0.25) is 0 Å². The molecule has 0 bridgehead atoms. The maximum absolute atomic E-state index is 12.4. The Morgan fingerprint density at radius 3 is 2.15 bits per heavy atom. The Morgan fingerprint density at radius 1 is 0.879 bits per heavy atom. The third-order valence-electron chi connectivity index (χ3n) is 6.11. The first-order valence-corrected chi connectivity index (χ1v) is 11.1. The molecule has 1 aromatic heterocycles. The summed E-state index contributed by atoms with van der Waals surface area (Å²) in [7, 11) is 1.99. The summed E-state index contributed by atoms with van der Waals surface area (Å²) in [5, 5.41) is 0. The van der Waals surface area contributed by atoms with E-state index in [0.29, 0.717) is 0 Å². The average Bonchev–Trinajstić information content (AvgIpc) is 3.20. The molecule has 1 heterocycles. The highest BCUT2D eigenvalue weighted by atomic mass is 16.6. The number of hydrogen-bond acceptors (Lipinski definition) is 4. The number of ether oxygens (including phenoxy) is 1. The zero-order chi connectivity index (χ0) is 22.6. The van der Waals surface area contributed by atoms with E-state index >= 15 is 0 Å². The van der Waals surface area contributed by atoms with Gasteiger partial charge in [-0.05, 0) is 39.9 Å². The first-order chi connectivity index (χ1) is 16.2. The van der Waals surface area contributed by atoms with Crippen molar-refractivity contribution in [2.45, 2.75) is 11.9 Å². The van der Waals surface area contributed by atoms with E-state index in [0.717, 1.165) is 16.8 Å². The van der Waals surface area contributed by atoms with Crippen LogP contribution in [0, 0.1) is 0 Å². The summed E-state index contributed by atoms with van der Waals surface area (Å²) in [4.78, 5) is 16.8. The zero-order valence-corrected chi connectivity index (χ0v) is 18.4. The second-order valence-electron chi connectivity index (χ2n) is 8.15. The predicted octanol–water partition coefficient (Wildman–Crippen LogP) is 4.42. The Morgan fingerprint density at radius 2 is 1.52 bits per heavy atom. The van der Waals surface area contributed by atoms with Crippen molar-refractivity contribution in [3.8, 4) is 22.4 Å². The normalized spacial score (nSPS) is 13.1. The molecule has 1 aliphatic carbocycles. The number of benzene rings is 3. The molecule has 1 aliphatic rings. The number of carbonyl (C=O) groups excluding carboxylic acids is 1. The molecule has 0 radical (unpaired) electrons. The minimum absolute atomic E-state index is 0.0414. The predicted molar refractivity (Wildman–Crippen MR) is 132 cm³/mol. The maximum atomic E-state index is 12.4. The van der Waals surface area contributed by atoms with Crippen molar-refractivity contribution >= 4 is 13.9 Å². The topological polar surface area (TPSA) is 63.2 Å². The standard InChI is InChI=1S/C27H24BN3O2/c28-26(19-14-12-18(13-15-19)25-11-5-6-16-29-25)30-31-27(32)33-17-24-22-9-3-1-7-20(22)21-8-2-4-10-23(21)24/h1-16,24,26,30H,17,28H2,(H,31,32). The highest BCUT2D eigenvalue weighted by Gasteiger charge is 2.29. The van der Waals surface area contributed by atoms with Gasteiger partial charge < -0.3 is 4.74 Å². The monoisotopic (exact) mass is 433 g/mol. The summed E-state index contributed by atoms with van der Waals surface area (Å²) in [6, 6.07) is 30.6. The number of fused-ring (bicyclic) bond motifs is 3. The van der Waals surface area contributed by atoms with Crippen LogP contribution in [0.1, 0.15) is 28.5 Å². The number of amides is 1. The largest absolute Gasteiger partial charge is 0.448 e. The van der Waals surface area contributed by atoms with Crippen molar-refractivity contribution in [1.29, 1.82) is 0 Å². The summed E-state index contributed by atoms with van der Waals surface area (Å²) < 4.78 is 5.58. The van der Waals surface area contributed by atoms with Gasteiger partial charge in [0.05, 0.1) is 5.69 Å². The fourth-order valence-corrected chi connectivity index (χ4v) is 4.36. The van der Waals surface area contributed by atoms with E-state index in [-0.39, 0.29) is 18.5 Å². The van der Waals surface area contributed by atoms with Crippen LogP contribution in [-0.4, -0.2) is 25.5 Å². The molecule has 0 saturated carbocycles. The quantitative estimate of drug-likeness (QED) is 0.349. The molecule has 5 nitrogen and oxygen atoms in total. The molecule has 33 heavy (non-hydrogen) atoms. The van der Waals surface area contributed by atoms with E-state index in [1.807, 2.05) is 74.6 Å². The number of carbonyl (C=O) groups is 1. The van der Waals surface area contributed by atoms with Crippen LogP contribution >= 0.6 is 0 Å². The second-order valence-corrected chi connectivity index (χ2v) is 8.15. The summed E-state index contributed by atoms with van der Waals surface area (Å²) in [6.45, 7) is 0.286. The van der Waals surface area contributed by atoms with Gasteiger partial charge in [-0.1, -0.05) is 78.9 Å². The molecular formula is C27H24BN3O2. The minimum atomic E-state index is -0.492. The van der Waals surface area contributed by atoms with Crippen LogP contribution in [-0.2, 0) is 4.74 Å². The van der Waals surface area contributed by atoms with Gasteiger partial charge in [0.15, 0.2) is 0 Å². The molecule has 1 unspecified atom stereocenters. The van der Waals surface area contributed by atoms with E-state index in [9.17, 15) is 4.79 Å². The van der Waals surface area contributed by atoms with Crippen LogP contribution in [0.4, 0.5) is 4.79 Å². The van der Waals surface area contributed by atoms with Gasteiger partial charge in [-0.2, -0.15) is 0 Å². The van der Waals surface area contributed by atoms with Crippen molar-refractivity contribution in [2.75, 3.05) is 6.61 Å². The zero-order valence-electron chi connectivity index (χ0n) is 18.4. The van der Waals surface area contributed by atoms with Gasteiger partial charge in [0.25, 0.3) is 0 Å². The van der Waals surface area contributed by atoms with E-state index in [4.69, 9.17) is 4.74 Å². The third-order valence-corrected chi connectivity index (χ3v) is 6.11. The Labute approximate surface area is 194 Å². The van der Waals surface area contributed by atoms with Crippen molar-refractivity contribution < 1.29 is 9.53 Å². The number of rotatable bonds is 6. The summed E-state index contributed by atoms with van der Waals surface area (Å²) >= 11 is 0. The molecule has 3 aromatic carbocycles. The third kappa shape index (κ3) is 4.38. The fourth-order valence-electron chi connectivity index (χ4n) is 4.36. The van der Waals surface area contributed by atoms with E-state index in [1.165, 1.54) is 22.3 Å². The molecule has 0 aliphatic heterocycles. The van der Waals surface area contributed by atoms with E-state index in [1.54, 1.807) is 6.20 Å². The van der Waals surface area contributed by atoms with Gasteiger partial charge in [0.1, 0.15) is 14.5 Å². The van der Waals surface area contributed by atoms with Crippen molar-refractivity contribution in [3.63, 3.8) is 0 Å². The van der Waals surface area contributed by atoms with Gasteiger partial charge in [-0.25, -0.2) is 10.2 Å². The average molecular weight is 433 g/mol. The van der Waals surface area contributed by atoms with Crippen molar-refractivity contribution in [2.24, 2.45) is 0 Å². The highest BCUT2D eigenvalue weighted by molar-refractivity contribution is 6.12. The molecule has 0 spiro atoms. The highest BCUT2D eigenvalue weighted by Crippen LogP contribution is 2.44. The molecular weight excluding hydrogens is 409 g/mol. The summed E-state index contributed by atoms with van der Waals surface area (Å²) in [5.41, 5.74) is 13.6. The number of pyridine rings is 1. The number of hydrazine groups is 1. The van der Waals surface area contributed by atoms with Gasteiger partial charge in [-0.3, -0.25) is 10.4 Å². The van der Waals surface area contributed by atoms with Crippen LogP contribution in [0.3, 0.4) is 0 Å². The van der Waals surface area contributed by atoms with Gasteiger partial charge in [0, 0.05) is 23.6 Å². The number of nitrogens with one attached hydrogen (secondary N) is 2. The van der Waals surface area contributed by atoms with Crippen LogP contribution in [0.25, 0.3) is 22.4 Å². The Kier molecular flexibility index (Phi) is 5.92. The fraction of sp³-hybridized carbons (Fsp3) is 0.111. The van der Waals surface area contributed by atoms with Crippen molar-refractivity contribution in [3.05, 3.63) is 114 Å². The van der Waals surface area contributed by atoms with Crippen LogP contribution in [0.2, 0.25) is 0 Å². The molecule has 1 atom stereocenters. The molecule has 162 valence electrons. The lowest BCUT2D eigenvalue weighted by Crippen LogP contribution is -2.41. The Bertz CT molecular complexity index is 1220. The second kappa shape index (κ2) is 9.31. The molecule has 2 N–H and O–H groups in total. The molecule has 6 heteroatoms. The first-order valence-electron chi connectivity index (χ1n) is 11.1. The Balaban J connectivity index is 1.17. The van der Waals surface area contributed by atoms with Crippen LogP contribution in [0.15, 0.2) is 97.2 Å². The molecule has 0 saturated heterocycles. The SMILES string of the molecule is BC(NNC(=O)OCC1c2ccccc2-c2ccccc21)c1ccc(-c2ccccn2)cc1. The minimum Gasteiger partial charge on any atom is -0.448 e. The van der Waals surface area contributed by atoms with Crippen molar-refractivity contribution in [1.82, 2.24) is 15.8 Å². The molecule has 1 amide bonds. The maximum Gasteiger partial charge on any atom is 0.421 e. The molecule has 5 rings (SSSR count). The Hall–Kier alpha value is -3.90. The lowest BCUT2D eigenvalue weighted by Gasteiger charge is -2.17. The first kappa shape index (κ1) is 21.0. The number of hydrogen-bond donors (Lipinski definition) is 2. The lowest BCUT2D eigenvalue weighted by molar-refractivity contribution is 0.137. The lowest BCUT2D eigenvalue weighted by atomic mass is 9.89. The van der Waals surface area contributed by atoms with Gasteiger partial charge in [-0.15, -0.1) is 0 Å². The molecule has 0 fully saturated rings. The summed E-state index contributed by atoms with van der Waals surface area (Å²) in [6.07, 6.45) is 1.29. The van der Waals surface area contributed by atoms with E-state index in [2.05, 4.69) is 40.1 Å². The number of nitrogens with zero attached hydrogens (tertiary/aromatic N) is 1. The van der Waals surface area contributed by atoms with Gasteiger partial charge >= 0.3 is 6.09 Å².